The van der Waals surface area contributed by atoms with E-state index >= 15 is 0 Å². The number of nitrogens with two attached hydrogens (primary N) is 1. The third-order valence-corrected chi connectivity index (χ3v) is 3.42. The van der Waals surface area contributed by atoms with Crippen LogP contribution in [0, 0.1) is 0 Å². The summed E-state index contributed by atoms with van der Waals surface area (Å²) in [4.78, 5) is 14.4. The smallest absolute Gasteiger partial charge is 0.262 e. The summed E-state index contributed by atoms with van der Waals surface area (Å²) in [6.07, 6.45) is 0. The molecule has 0 atom stereocenters. The molecular weight excluding hydrogens is 288 g/mol. The lowest BCUT2D eigenvalue weighted by molar-refractivity contribution is 0.0985. The number of halogens is 1. The molecule has 0 aromatic heterocycles. The van der Waals surface area contributed by atoms with Gasteiger partial charge in [0.25, 0.3) is 5.91 Å². The van der Waals surface area contributed by atoms with E-state index in [0.29, 0.717) is 34.3 Å². The van der Waals surface area contributed by atoms with Crippen LogP contribution in [-0.2, 0) is 0 Å². The SMILES string of the molecule is CCN(C(=O)c1cc(Cl)ccc1OC)c1ccccc1N. The number of hydrogen-bond acceptors (Lipinski definition) is 3. The predicted octanol–water partition coefficient (Wildman–Crippen LogP) is 3.60. The van der Waals surface area contributed by atoms with Crippen molar-refractivity contribution in [1.82, 2.24) is 0 Å². The molecule has 2 N–H and O–H groups in total. The number of amides is 1. The molecular formula is C16H17ClN2O2. The first-order valence-corrected chi connectivity index (χ1v) is 6.96. The Morgan fingerprint density at radius 1 is 1.29 bits per heavy atom. The van der Waals surface area contributed by atoms with Crippen molar-refractivity contribution in [3.8, 4) is 5.75 Å². The van der Waals surface area contributed by atoms with Gasteiger partial charge >= 0.3 is 0 Å². The number of benzene rings is 2. The van der Waals surface area contributed by atoms with Gasteiger partial charge in [-0.2, -0.15) is 0 Å². The zero-order chi connectivity index (χ0) is 15.4. The van der Waals surface area contributed by atoms with Gasteiger partial charge in [0.1, 0.15) is 5.75 Å². The van der Waals surface area contributed by atoms with Crippen LogP contribution >= 0.6 is 11.6 Å². The summed E-state index contributed by atoms with van der Waals surface area (Å²) in [7, 11) is 1.52. The van der Waals surface area contributed by atoms with Gasteiger partial charge in [-0.3, -0.25) is 4.79 Å². The highest BCUT2D eigenvalue weighted by molar-refractivity contribution is 6.31. The number of nitrogens with zero attached hydrogens (tertiary/aromatic N) is 1. The van der Waals surface area contributed by atoms with Gasteiger partial charge in [-0.25, -0.2) is 0 Å². The number of anilines is 2. The van der Waals surface area contributed by atoms with Gasteiger partial charge in [0, 0.05) is 11.6 Å². The summed E-state index contributed by atoms with van der Waals surface area (Å²) in [5, 5.41) is 0.483. The van der Waals surface area contributed by atoms with Crippen molar-refractivity contribution < 1.29 is 9.53 Å². The van der Waals surface area contributed by atoms with Crippen molar-refractivity contribution in [1.29, 1.82) is 0 Å². The lowest BCUT2D eigenvalue weighted by atomic mass is 10.1. The molecule has 2 rings (SSSR count). The molecule has 0 saturated heterocycles. The zero-order valence-electron chi connectivity index (χ0n) is 12.0. The largest absolute Gasteiger partial charge is 0.496 e. The zero-order valence-corrected chi connectivity index (χ0v) is 12.7. The van der Waals surface area contributed by atoms with Crippen molar-refractivity contribution in [2.45, 2.75) is 6.92 Å². The number of hydrogen-bond donors (Lipinski definition) is 1. The Balaban J connectivity index is 2.46. The molecule has 2 aromatic carbocycles. The van der Waals surface area contributed by atoms with E-state index < -0.39 is 0 Å². The van der Waals surface area contributed by atoms with Crippen LogP contribution in [0.5, 0.6) is 5.75 Å². The molecule has 0 aliphatic heterocycles. The van der Waals surface area contributed by atoms with Gasteiger partial charge in [-0.1, -0.05) is 23.7 Å². The summed E-state index contributed by atoms with van der Waals surface area (Å²) in [5.74, 6) is 0.284. The standard InChI is InChI=1S/C16H17ClN2O2/c1-3-19(14-7-5-4-6-13(14)18)16(20)12-10-11(17)8-9-15(12)21-2/h4-10H,3,18H2,1-2H3. The van der Waals surface area contributed by atoms with Crippen molar-refractivity contribution >= 4 is 28.9 Å². The van der Waals surface area contributed by atoms with E-state index in [1.807, 2.05) is 25.1 Å². The molecule has 0 saturated carbocycles. The molecule has 0 fully saturated rings. The third-order valence-electron chi connectivity index (χ3n) is 3.18. The number of nitrogen functional groups attached to an aromatic ring is 1. The second-order valence-corrected chi connectivity index (χ2v) is 4.89. The van der Waals surface area contributed by atoms with Gasteiger partial charge in [0.05, 0.1) is 24.0 Å². The molecule has 21 heavy (non-hydrogen) atoms. The van der Waals surface area contributed by atoms with Gasteiger partial charge in [0.15, 0.2) is 0 Å². The Morgan fingerprint density at radius 2 is 2.00 bits per heavy atom. The van der Waals surface area contributed by atoms with Gasteiger partial charge < -0.3 is 15.4 Å². The summed E-state index contributed by atoms with van der Waals surface area (Å²) in [6, 6.07) is 12.2. The van der Waals surface area contributed by atoms with Crippen LogP contribution in [0.25, 0.3) is 0 Å². The number of carbonyl (C=O) groups excluding carboxylic acids is 1. The fraction of sp³-hybridized carbons (Fsp3) is 0.188. The molecule has 4 nitrogen and oxygen atoms in total. The Bertz CT molecular complexity index is 658. The minimum Gasteiger partial charge on any atom is -0.496 e. The molecule has 2 aromatic rings. The average Bonchev–Trinajstić information content (AvgIpc) is 2.49. The van der Waals surface area contributed by atoms with E-state index in [0.717, 1.165) is 0 Å². The van der Waals surface area contributed by atoms with Crippen molar-refractivity contribution in [2.75, 3.05) is 24.3 Å². The second kappa shape index (κ2) is 6.50. The van der Waals surface area contributed by atoms with Gasteiger partial charge in [-0.15, -0.1) is 0 Å². The van der Waals surface area contributed by atoms with Crippen LogP contribution in [0.3, 0.4) is 0 Å². The second-order valence-electron chi connectivity index (χ2n) is 4.45. The van der Waals surface area contributed by atoms with Crippen LogP contribution < -0.4 is 15.4 Å². The fourth-order valence-corrected chi connectivity index (χ4v) is 2.32. The summed E-state index contributed by atoms with van der Waals surface area (Å²) in [5.41, 5.74) is 7.60. The van der Waals surface area contributed by atoms with Crippen molar-refractivity contribution in [2.24, 2.45) is 0 Å². The molecule has 1 amide bonds. The van der Waals surface area contributed by atoms with Crippen LogP contribution in [-0.4, -0.2) is 19.6 Å². The maximum atomic E-state index is 12.8. The predicted molar refractivity (Wildman–Crippen MR) is 86.2 cm³/mol. The van der Waals surface area contributed by atoms with Crippen LogP contribution in [0.2, 0.25) is 5.02 Å². The topological polar surface area (TPSA) is 55.6 Å². The summed E-state index contributed by atoms with van der Waals surface area (Å²) >= 11 is 5.99. The lowest BCUT2D eigenvalue weighted by Gasteiger charge is -2.23. The van der Waals surface area contributed by atoms with Crippen LogP contribution in [0.1, 0.15) is 17.3 Å². The number of methoxy groups -OCH3 is 1. The van der Waals surface area contributed by atoms with E-state index in [4.69, 9.17) is 22.1 Å². The van der Waals surface area contributed by atoms with Crippen LogP contribution in [0.15, 0.2) is 42.5 Å². The molecule has 110 valence electrons. The highest BCUT2D eigenvalue weighted by Gasteiger charge is 2.21. The summed E-state index contributed by atoms with van der Waals surface area (Å²) < 4.78 is 5.24. The maximum absolute atomic E-state index is 12.8. The normalized spacial score (nSPS) is 10.2. The minimum absolute atomic E-state index is 0.199. The number of para-hydroxylation sites is 2. The molecule has 0 radical (unpaired) electrons. The highest BCUT2D eigenvalue weighted by atomic mass is 35.5. The molecule has 0 aliphatic carbocycles. The Hall–Kier alpha value is -2.20. The van der Waals surface area contributed by atoms with Gasteiger partial charge in [-0.05, 0) is 37.3 Å². The van der Waals surface area contributed by atoms with E-state index in [-0.39, 0.29) is 5.91 Å². The first-order valence-electron chi connectivity index (χ1n) is 6.58. The Morgan fingerprint density at radius 3 is 2.62 bits per heavy atom. The minimum atomic E-state index is -0.199. The van der Waals surface area contributed by atoms with Crippen LogP contribution in [0.4, 0.5) is 11.4 Å². The Labute approximate surface area is 129 Å². The molecule has 0 heterocycles. The number of carbonyl (C=O) groups is 1. The first kappa shape index (κ1) is 15.2. The number of ether oxygens (including phenoxy) is 1. The molecule has 0 aliphatic rings. The fourth-order valence-electron chi connectivity index (χ4n) is 2.15. The third kappa shape index (κ3) is 3.11. The van der Waals surface area contributed by atoms with E-state index in [2.05, 4.69) is 0 Å². The highest BCUT2D eigenvalue weighted by Crippen LogP contribution is 2.28. The quantitative estimate of drug-likeness (QED) is 0.878. The van der Waals surface area contributed by atoms with E-state index in [1.54, 1.807) is 29.2 Å². The lowest BCUT2D eigenvalue weighted by Crippen LogP contribution is -2.31. The molecule has 5 heteroatoms. The first-order chi connectivity index (χ1) is 10.1. The number of rotatable bonds is 4. The molecule has 0 spiro atoms. The average molecular weight is 305 g/mol. The van der Waals surface area contributed by atoms with Crippen molar-refractivity contribution in [3.63, 3.8) is 0 Å². The van der Waals surface area contributed by atoms with Gasteiger partial charge in [0.2, 0.25) is 0 Å². The summed E-state index contributed by atoms with van der Waals surface area (Å²) in [6.45, 7) is 2.38. The monoisotopic (exact) mass is 304 g/mol. The van der Waals surface area contributed by atoms with E-state index in [1.165, 1.54) is 7.11 Å². The van der Waals surface area contributed by atoms with E-state index in [9.17, 15) is 4.79 Å². The maximum Gasteiger partial charge on any atom is 0.262 e. The van der Waals surface area contributed by atoms with Crippen molar-refractivity contribution in [3.05, 3.63) is 53.1 Å². The molecule has 0 bridgehead atoms. The Kier molecular flexibility index (Phi) is 4.70. The molecule has 0 unspecified atom stereocenters.